The Labute approximate surface area is 123 Å². The van der Waals surface area contributed by atoms with E-state index in [4.69, 9.17) is 0 Å². The van der Waals surface area contributed by atoms with Gasteiger partial charge in [0, 0.05) is 0 Å². The SMILES string of the molecule is C.C.C=C/C=C(\C=C)c1ccccc1-c1ccccc1. The molecule has 0 fully saturated rings. The molecular formula is C20H24. The Balaban J connectivity index is 0.00000180. The summed E-state index contributed by atoms with van der Waals surface area (Å²) in [5.74, 6) is 0. The van der Waals surface area contributed by atoms with Crippen LogP contribution in [0.1, 0.15) is 20.4 Å². The standard InChI is InChI=1S/C18H16.2CH4/c1-3-10-15(4-2)17-13-8-9-14-18(17)16-11-6-5-7-12-16;;/h3-14H,1-2H2;2*1H4/b15-10+;;. The van der Waals surface area contributed by atoms with E-state index in [9.17, 15) is 0 Å². The van der Waals surface area contributed by atoms with Crippen LogP contribution in [0.25, 0.3) is 16.7 Å². The van der Waals surface area contributed by atoms with Crippen LogP contribution in [0.4, 0.5) is 0 Å². The van der Waals surface area contributed by atoms with Crippen molar-refractivity contribution in [3.8, 4) is 11.1 Å². The van der Waals surface area contributed by atoms with Crippen molar-refractivity contribution < 1.29 is 0 Å². The minimum absolute atomic E-state index is 0. The Kier molecular flexibility index (Phi) is 7.69. The third-order valence-electron chi connectivity index (χ3n) is 2.84. The summed E-state index contributed by atoms with van der Waals surface area (Å²) >= 11 is 0. The lowest BCUT2D eigenvalue weighted by Crippen LogP contribution is -1.87. The van der Waals surface area contributed by atoms with E-state index in [0.29, 0.717) is 0 Å². The summed E-state index contributed by atoms with van der Waals surface area (Å²) in [4.78, 5) is 0. The van der Waals surface area contributed by atoms with Crippen molar-refractivity contribution in [2.45, 2.75) is 14.9 Å². The van der Waals surface area contributed by atoms with Gasteiger partial charge in [-0.1, -0.05) is 101 Å². The second kappa shape index (κ2) is 8.71. The number of rotatable bonds is 4. The molecule has 0 atom stereocenters. The van der Waals surface area contributed by atoms with Crippen LogP contribution in [0.5, 0.6) is 0 Å². The van der Waals surface area contributed by atoms with Crippen molar-refractivity contribution >= 4 is 5.57 Å². The highest BCUT2D eigenvalue weighted by Gasteiger charge is 2.05. The fourth-order valence-corrected chi connectivity index (χ4v) is 2.00. The molecule has 0 bridgehead atoms. The van der Waals surface area contributed by atoms with Crippen LogP contribution < -0.4 is 0 Å². The molecule has 0 N–H and O–H groups in total. The molecule has 2 aromatic carbocycles. The minimum atomic E-state index is 0. The Morgan fingerprint density at radius 3 is 2.00 bits per heavy atom. The van der Waals surface area contributed by atoms with E-state index < -0.39 is 0 Å². The van der Waals surface area contributed by atoms with Gasteiger partial charge in [-0.3, -0.25) is 0 Å². The Morgan fingerprint density at radius 2 is 1.40 bits per heavy atom. The van der Waals surface area contributed by atoms with Gasteiger partial charge in [-0.25, -0.2) is 0 Å². The Bertz CT molecular complexity index is 574. The molecule has 0 aliphatic heterocycles. The maximum Gasteiger partial charge on any atom is -0.0105 e. The van der Waals surface area contributed by atoms with Crippen LogP contribution in [-0.4, -0.2) is 0 Å². The molecule has 2 rings (SSSR count). The van der Waals surface area contributed by atoms with Gasteiger partial charge < -0.3 is 0 Å². The van der Waals surface area contributed by atoms with Gasteiger partial charge in [-0.15, -0.1) is 0 Å². The lowest BCUT2D eigenvalue weighted by molar-refractivity contribution is 1.57. The van der Waals surface area contributed by atoms with Gasteiger partial charge in [-0.2, -0.15) is 0 Å². The molecule has 0 unspecified atom stereocenters. The van der Waals surface area contributed by atoms with Crippen LogP contribution in [0.15, 0.2) is 86.0 Å². The topological polar surface area (TPSA) is 0 Å². The molecule has 0 heteroatoms. The average Bonchev–Trinajstić information content (AvgIpc) is 2.46. The van der Waals surface area contributed by atoms with E-state index >= 15 is 0 Å². The largest absolute Gasteiger partial charge is 0.0990 e. The van der Waals surface area contributed by atoms with E-state index in [2.05, 4.69) is 55.6 Å². The lowest BCUT2D eigenvalue weighted by Gasteiger charge is -2.10. The van der Waals surface area contributed by atoms with Gasteiger partial charge in [-0.05, 0) is 22.3 Å². The van der Waals surface area contributed by atoms with Gasteiger partial charge in [0.1, 0.15) is 0 Å². The first-order valence-corrected chi connectivity index (χ1v) is 5.97. The maximum atomic E-state index is 3.87. The van der Waals surface area contributed by atoms with E-state index in [-0.39, 0.29) is 14.9 Å². The first-order valence-electron chi connectivity index (χ1n) is 5.97. The molecule has 104 valence electrons. The summed E-state index contributed by atoms with van der Waals surface area (Å²) in [6, 6.07) is 18.7. The molecular weight excluding hydrogens is 240 g/mol. The summed E-state index contributed by atoms with van der Waals surface area (Å²) < 4.78 is 0. The van der Waals surface area contributed by atoms with Crippen LogP contribution in [0, 0.1) is 0 Å². The molecule has 20 heavy (non-hydrogen) atoms. The molecule has 0 heterocycles. The highest BCUT2D eigenvalue weighted by atomic mass is 14.1. The molecule has 0 saturated heterocycles. The molecule has 0 amide bonds. The predicted octanol–water partition coefficient (Wildman–Crippen LogP) is 6.38. The van der Waals surface area contributed by atoms with Crippen molar-refractivity contribution in [1.29, 1.82) is 0 Å². The third kappa shape index (κ3) is 3.83. The van der Waals surface area contributed by atoms with Crippen molar-refractivity contribution in [3.05, 3.63) is 91.5 Å². The molecule has 0 radical (unpaired) electrons. The molecule has 0 nitrogen and oxygen atoms in total. The second-order valence-corrected chi connectivity index (χ2v) is 3.97. The van der Waals surface area contributed by atoms with E-state index in [1.165, 1.54) is 16.7 Å². The van der Waals surface area contributed by atoms with Gasteiger partial charge in [0.25, 0.3) is 0 Å². The van der Waals surface area contributed by atoms with Crippen LogP contribution in [0.2, 0.25) is 0 Å². The molecule has 0 saturated carbocycles. The predicted molar refractivity (Wildman–Crippen MR) is 93.7 cm³/mol. The summed E-state index contributed by atoms with van der Waals surface area (Å²) in [6.45, 7) is 7.63. The third-order valence-corrected chi connectivity index (χ3v) is 2.84. The smallest absolute Gasteiger partial charge is 0.0105 e. The molecule has 0 aromatic heterocycles. The van der Waals surface area contributed by atoms with Crippen molar-refractivity contribution in [1.82, 2.24) is 0 Å². The Morgan fingerprint density at radius 1 is 0.800 bits per heavy atom. The van der Waals surface area contributed by atoms with E-state index in [0.717, 1.165) is 5.57 Å². The fourth-order valence-electron chi connectivity index (χ4n) is 2.00. The van der Waals surface area contributed by atoms with Crippen LogP contribution in [-0.2, 0) is 0 Å². The molecule has 0 spiro atoms. The lowest BCUT2D eigenvalue weighted by atomic mass is 9.94. The van der Waals surface area contributed by atoms with Crippen LogP contribution >= 0.6 is 0 Å². The Hall–Kier alpha value is -2.34. The highest BCUT2D eigenvalue weighted by molar-refractivity contribution is 5.85. The number of allylic oxidation sites excluding steroid dienone is 4. The van der Waals surface area contributed by atoms with E-state index in [1.807, 2.05) is 24.3 Å². The van der Waals surface area contributed by atoms with Gasteiger partial charge in [0.2, 0.25) is 0 Å². The fraction of sp³-hybridized carbons (Fsp3) is 0.100. The zero-order valence-corrected chi connectivity index (χ0v) is 10.3. The summed E-state index contributed by atoms with van der Waals surface area (Å²) in [5, 5.41) is 0. The number of hydrogen-bond donors (Lipinski definition) is 0. The first kappa shape index (κ1) is 17.7. The maximum absolute atomic E-state index is 3.87. The zero-order valence-electron chi connectivity index (χ0n) is 10.3. The average molecular weight is 264 g/mol. The normalized spacial score (nSPS) is 9.90. The summed E-state index contributed by atoms with van der Waals surface area (Å²) in [6.07, 6.45) is 5.64. The highest BCUT2D eigenvalue weighted by Crippen LogP contribution is 2.29. The summed E-state index contributed by atoms with van der Waals surface area (Å²) in [7, 11) is 0. The zero-order chi connectivity index (χ0) is 12.8. The number of benzene rings is 2. The molecule has 0 aliphatic rings. The minimum Gasteiger partial charge on any atom is -0.0990 e. The number of hydrogen-bond acceptors (Lipinski definition) is 0. The van der Waals surface area contributed by atoms with Crippen molar-refractivity contribution in [2.75, 3.05) is 0 Å². The quantitative estimate of drug-likeness (QED) is 0.562. The van der Waals surface area contributed by atoms with E-state index in [1.54, 1.807) is 6.08 Å². The monoisotopic (exact) mass is 264 g/mol. The summed E-state index contributed by atoms with van der Waals surface area (Å²) in [5.41, 5.74) is 4.69. The second-order valence-electron chi connectivity index (χ2n) is 3.97. The van der Waals surface area contributed by atoms with Crippen LogP contribution in [0.3, 0.4) is 0 Å². The van der Waals surface area contributed by atoms with Gasteiger partial charge >= 0.3 is 0 Å². The molecule has 2 aromatic rings. The van der Waals surface area contributed by atoms with Crippen molar-refractivity contribution in [2.24, 2.45) is 0 Å². The van der Waals surface area contributed by atoms with Crippen molar-refractivity contribution in [3.63, 3.8) is 0 Å². The van der Waals surface area contributed by atoms with Gasteiger partial charge in [0.15, 0.2) is 0 Å². The molecule has 0 aliphatic carbocycles. The van der Waals surface area contributed by atoms with Gasteiger partial charge in [0.05, 0.1) is 0 Å². The first-order chi connectivity index (χ1) is 8.86.